The molecule has 0 atom stereocenters. The quantitative estimate of drug-likeness (QED) is 0.187. The van der Waals surface area contributed by atoms with Gasteiger partial charge in [0.05, 0.1) is 0 Å². The summed E-state index contributed by atoms with van der Waals surface area (Å²) in [6, 6.07) is 40.6. The van der Waals surface area contributed by atoms with Crippen molar-refractivity contribution in [3.8, 4) is 22.3 Å². The fourth-order valence-corrected chi connectivity index (χ4v) is 5.34. The molecule has 1 aromatic heterocycles. The number of allylic oxidation sites excluding steroid dienone is 1. The van der Waals surface area contributed by atoms with E-state index >= 15 is 0 Å². The first-order valence-electron chi connectivity index (χ1n) is 13.9. The lowest BCUT2D eigenvalue weighted by Crippen LogP contribution is -2.29. The smallest absolute Gasteiger partial charge is 0.455 e. The molecule has 0 aliphatic carbocycles. The highest BCUT2D eigenvalue weighted by Gasteiger charge is 2.17. The molecule has 1 heterocycles. The topological polar surface area (TPSA) is 56.8 Å². The fraction of sp³-hybridized carbons (Fsp3) is 0.0270. The number of nitrogens with zero attached hydrogens (tertiary/aromatic N) is 1. The molecule has 0 unspecified atom stereocenters. The molecule has 0 spiro atoms. The van der Waals surface area contributed by atoms with Crippen LogP contribution in [0.3, 0.4) is 0 Å². The second-order valence-electron chi connectivity index (χ2n) is 10.0. The van der Waals surface area contributed by atoms with Gasteiger partial charge in [-0.05, 0) is 71.6 Å². The SMILES string of the molecule is C=Cc1oc2c(-c3ccc(N(c4ccc(B(O)O)cc4)c4ccc(-c5ccccc5)cc4)cc3)cccc2c1/C=C\C. The molecule has 0 aliphatic heterocycles. The molecule has 2 N–H and O–H groups in total. The van der Waals surface area contributed by atoms with Gasteiger partial charge in [-0.25, -0.2) is 0 Å². The maximum Gasteiger partial charge on any atom is 0.488 e. The zero-order valence-corrected chi connectivity index (χ0v) is 23.3. The van der Waals surface area contributed by atoms with E-state index in [-0.39, 0.29) is 0 Å². The Hall–Kier alpha value is -5.10. The summed E-state index contributed by atoms with van der Waals surface area (Å²) >= 11 is 0. The summed E-state index contributed by atoms with van der Waals surface area (Å²) in [5, 5.41) is 20.3. The molecule has 5 heteroatoms. The normalized spacial score (nSPS) is 11.2. The molecule has 0 saturated heterocycles. The number of para-hydroxylation sites is 1. The summed E-state index contributed by atoms with van der Waals surface area (Å²) in [6.07, 6.45) is 5.81. The molecule has 5 aromatic carbocycles. The van der Waals surface area contributed by atoms with E-state index < -0.39 is 7.12 Å². The Balaban J connectivity index is 1.41. The second-order valence-corrected chi connectivity index (χ2v) is 10.0. The third-order valence-corrected chi connectivity index (χ3v) is 7.42. The Bertz CT molecular complexity index is 1850. The zero-order chi connectivity index (χ0) is 29.1. The van der Waals surface area contributed by atoms with Gasteiger partial charge in [0.15, 0.2) is 0 Å². The van der Waals surface area contributed by atoms with Crippen molar-refractivity contribution in [3.05, 3.63) is 145 Å². The molecule has 0 fully saturated rings. The summed E-state index contributed by atoms with van der Waals surface area (Å²) in [5.41, 5.74) is 9.51. The summed E-state index contributed by atoms with van der Waals surface area (Å²) in [4.78, 5) is 2.15. The largest absolute Gasteiger partial charge is 0.488 e. The second kappa shape index (κ2) is 11.8. The van der Waals surface area contributed by atoms with Gasteiger partial charge in [0.25, 0.3) is 0 Å². The monoisotopic (exact) mass is 547 g/mol. The lowest BCUT2D eigenvalue weighted by molar-refractivity contribution is 0.426. The van der Waals surface area contributed by atoms with Crippen molar-refractivity contribution in [2.45, 2.75) is 6.92 Å². The first-order chi connectivity index (χ1) is 20.6. The number of benzene rings is 5. The average molecular weight is 547 g/mol. The number of anilines is 3. The molecule has 204 valence electrons. The number of hydrogen-bond donors (Lipinski definition) is 2. The predicted octanol–water partition coefficient (Wildman–Crippen LogP) is 8.59. The van der Waals surface area contributed by atoms with Gasteiger partial charge in [0.2, 0.25) is 0 Å². The van der Waals surface area contributed by atoms with Crippen molar-refractivity contribution < 1.29 is 14.5 Å². The Kier molecular flexibility index (Phi) is 7.61. The zero-order valence-electron chi connectivity index (χ0n) is 23.3. The van der Waals surface area contributed by atoms with Gasteiger partial charge in [-0.1, -0.05) is 104 Å². The Morgan fingerprint density at radius 1 is 0.667 bits per heavy atom. The Labute approximate surface area is 246 Å². The van der Waals surface area contributed by atoms with Crippen LogP contribution in [0, 0.1) is 0 Å². The van der Waals surface area contributed by atoms with Crippen LogP contribution in [-0.2, 0) is 0 Å². The van der Waals surface area contributed by atoms with Crippen molar-refractivity contribution in [3.63, 3.8) is 0 Å². The average Bonchev–Trinajstić information content (AvgIpc) is 3.40. The Morgan fingerprint density at radius 3 is 1.81 bits per heavy atom. The summed E-state index contributed by atoms with van der Waals surface area (Å²) < 4.78 is 6.26. The van der Waals surface area contributed by atoms with E-state index in [0.717, 1.165) is 61.6 Å². The van der Waals surface area contributed by atoms with E-state index in [2.05, 4.69) is 96.4 Å². The molecule has 6 aromatic rings. The number of fused-ring (bicyclic) bond motifs is 1. The van der Waals surface area contributed by atoms with Crippen LogP contribution in [0.1, 0.15) is 18.2 Å². The summed E-state index contributed by atoms with van der Waals surface area (Å²) in [6.45, 7) is 5.93. The van der Waals surface area contributed by atoms with Gasteiger partial charge in [-0.15, -0.1) is 0 Å². The predicted molar refractivity (Wildman–Crippen MR) is 176 cm³/mol. The molecule has 42 heavy (non-hydrogen) atoms. The van der Waals surface area contributed by atoms with Crippen molar-refractivity contribution >= 4 is 52.8 Å². The fourth-order valence-electron chi connectivity index (χ4n) is 5.34. The van der Waals surface area contributed by atoms with Gasteiger partial charge in [0.1, 0.15) is 11.3 Å². The molecular weight excluding hydrogens is 517 g/mol. The van der Waals surface area contributed by atoms with Crippen LogP contribution in [0.4, 0.5) is 17.1 Å². The van der Waals surface area contributed by atoms with Crippen LogP contribution >= 0.6 is 0 Å². The molecule has 0 saturated carbocycles. The maximum atomic E-state index is 9.63. The van der Waals surface area contributed by atoms with Crippen LogP contribution in [0.2, 0.25) is 0 Å². The van der Waals surface area contributed by atoms with Crippen LogP contribution in [0.5, 0.6) is 0 Å². The third kappa shape index (κ3) is 5.19. The van der Waals surface area contributed by atoms with Gasteiger partial charge < -0.3 is 19.4 Å². The molecule has 0 bridgehead atoms. The molecular formula is C37H30BNO3. The van der Waals surface area contributed by atoms with Gasteiger partial charge in [-0.2, -0.15) is 0 Å². The number of rotatable bonds is 8. The van der Waals surface area contributed by atoms with Crippen molar-refractivity contribution in [2.75, 3.05) is 4.90 Å². The highest BCUT2D eigenvalue weighted by atomic mass is 16.4. The summed E-state index contributed by atoms with van der Waals surface area (Å²) in [7, 11) is -1.52. The molecule has 0 radical (unpaired) electrons. The molecule has 6 rings (SSSR count). The van der Waals surface area contributed by atoms with Crippen molar-refractivity contribution in [1.82, 2.24) is 0 Å². The van der Waals surface area contributed by atoms with Gasteiger partial charge in [0, 0.05) is 33.6 Å². The van der Waals surface area contributed by atoms with Crippen LogP contribution in [-0.4, -0.2) is 17.2 Å². The van der Waals surface area contributed by atoms with Crippen LogP contribution in [0.25, 0.3) is 45.4 Å². The highest BCUT2D eigenvalue weighted by molar-refractivity contribution is 6.58. The number of furan rings is 1. The van der Waals surface area contributed by atoms with E-state index in [0.29, 0.717) is 5.46 Å². The van der Waals surface area contributed by atoms with Gasteiger partial charge >= 0.3 is 7.12 Å². The van der Waals surface area contributed by atoms with Crippen LogP contribution in [0.15, 0.2) is 138 Å². The van der Waals surface area contributed by atoms with E-state index in [1.165, 1.54) is 0 Å². The Morgan fingerprint density at radius 2 is 1.24 bits per heavy atom. The maximum absolute atomic E-state index is 9.63. The third-order valence-electron chi connectivity index (χ3n) is 7.42. The minimum absolute atomic E-state index is 0.441. The molecule has 0 aliphatic rings. The highest BCUT2D eigenvalue weighted by Crippen LogP contribution is 2.39. The molecule has 0 amide bonds. The van der Waals surface area contributed by atoms with E-state index in [1.807, 2.05) is 43.3 Å². The first kappa shape index (κ1) is 27.1. The van der Waals surface area contributed by atoms with E-state index in [9.17, 15) is 10.0 Å². The van der Waals surface area contributed by atoms with E-state index in [4.69, 9.17) is 4.42 Å². The summed E-state index contributed by atoms with van der Waals surface area (Å²) in [5.74, 6) is 0.758. The minimum Gasteiger partial charge on any atom is -0.455 e. The van der Waals surface area contributed by atoms with Gasteiger partial charge in [-0.3, -0.25) is 0 Å². The van der Waals surface area contributed by atoms with E-state index in [1.54, 1.807) is 18.2 Å². The van der Waals surface area contributed by atoms with Crippen LogP contribution < -0.4 is 10.4 Å². The van der Waals surface area contributed by atoms with Crippen molar-refractivity contribution in [1.29, 1.82) is 0 Å². The lowest BCUT2D eigenvalue weighted by atomic mass is 9.80. The minimum atomic E-state index is -1.52. The first-order valence-corrected chi connectivity index (χ1v) is 13.9. The standard InChI is InChI=1S/C37H30BNO3/c1-3-9-34-35-13-8-12-33(37(35)42-36(34)4-2)28-16-22-31(23-17-28)39(32-24-18-29(19-25-32)38(40)41)30-20-14-27(15-21-30)26-10-6-5-7-11-26/h3-25,40-41H,2H2,1H3/b9-3-. The molecule has 4 nitrogen and oxygen atoms in total. The van der Waals surface area contributed by atoms with Crippen molar-refractivity contribution in [2.24, 2.45) is 0 Å². The number of hydrogen-bond acceptors (Lipinski definition) is 4. The lowest BCUT2D eigenvalue weighted by Gasteiger charge is -2.26.